The predicted octanol–water partition coefficient (Wildman–Crippen LogP) is 6.57. The van der Waals surface area contributed by atoms with Gasteiger partial charge in [-0.2, -0.15) is 0 Å². The van der Waals surface area contributed by atoms with Gasteiger partial charge in [0.05, 0.1) is 6.17 Å². The van der Waals surface area contributed by atoms with Crippen molar-refractivity contribution in [3.63, 3.8) is 0 Å². The Kier molecular flexibility index (Phi) is 6.48. The van der Waals surface area contributed by atoms with Gasteiger partial charge < -0.3 is 0 Å². The van der Waals surface area contributed by atoms with Gasteiger partial charge in [-0.05, 0) is 55.0 Å². The van der Waals surface area contributed by atoms with Gasteiger partial charge in [-0.1, -0.05) is 48.6 Å². The van der Waals surface area contributed by atoms with Crippen LogP contribution in [0.5, 0.6) is 0 Å². The van der Waals surface area contributed by atoms with Crippen molar-refractivity contribution in [2.45, 2.75) is 38.8 Å². The van der Waals surface area contributed by atoms with E-state index in [4.69, 9.17) is 0 Å². The molecule has 138 valence electrons. The number of unbranched alkanes of at least 4 members (excludes halogenated alkanes) is 1. The van der Waals surface area contributed by atoms with E-state index in [1.54, 1.807) is 6.92 Å². The van der Waals surface area contributed by atoms with Gasteiger partial charge in [0.2, 0.25) is 0 Å². The van der Waals surface area contributed by atoms with Crippen LogP contribution in [-0.4, -0.2) is 16.1 Å². The molecule has 1 aromatic heterocycles. The van der Waals surface area contributed by atoms with E-state index >= 15 is 0 Å². The second-order valence-corrected chi connectivity index (χ2v) is 6.84. The third-order valence-electron chi connectivity index (χ3n) is 4.50. The average Bonchev–Trinajstić information content (AvgIpc) is 2.68. The Hall–Kier alpha value is -2.81. The minimum absolute atomic E-state index is 0.608. The summed E-state index contributed by atoms with van der Waals surface area (Å²) in [5.41, 5.74) is 3.23. The molecule has 0 amide bonds. The number of allylic oxidation sites excluding steroid dienone is 2. The molecular formula is C24H25FN2. The first-order valence-electron chi connectivity index (χ1n) is 9.42. The third kappa shape index (κ3) is 5.33. The smallest absolute Gasteiger partial charge is 0.159 e. The van der Waals surface area contributed by atoms with Crippen molar-refractivity contribution in [2.24, 2.45) is 0 Å². The van der Waals surface area contributed by atoms with Crippen LogP contribution in [-0.2, 0) is 6.42 Å². The average molecular weight is 360 g/mol. The topological polar surface area (TPSA) is 25.8 Å². The quantitative estimate of drug-likeness (QED) is 0.335. The van der Waals surface area contributed by atoms with E-state index in [2.05, 4.69) is 59.0 Å². The van der Waals surface area contributed by atoms with Crippen LogP contribution >= 0.6 is 0 Å². The molecule has 2 nitrogen and oxygen atoms in total. The number of benzene rings is 2. The predicted molar refractivity (Wildman–Crippen MR) is 112 cm³/mol. The number of aromatic nitrogens is 2. The van der Waals surface area contributed by atoms with Gasteiger partial charge in [0.15, 0.2) is 5.82 Å². The van der Waals surface area contributed by atoms with Crippen molar-refractivity contribution in [1.29, 1.82) is 0 Å². The number of hydrogen-bond acceptors (Lipinski definition) is 2. The standard InChI is InChI=1S/C24H25FN2/c1-3-7-19-10-11-22-15-23(13-12-21(22)14-19)24-26-16-20(17-27-24)9-6-4-5-8-18(2)25/h3,6,9-18H,1,4-5,7-8H2,2H3. The maximum absolute atomic E-state index is 12.8. The summed E-state index contributed by atoms with van der Waals surface area (Å²) >= 11 is 0. The minimum atomic E-state index is -0.725. The van der Waals surface area contributed by atoms with Crippen LogP contribution in [0, 0.1) is 0 Å². The van der Waals surface area contributed by atoms with Crippen LogP contribution in [0.2, 0.25) is 0 Å². The molecule has 1 atom stereocenters. The summed E-state index contributed by atoms with van der Waals surface area (Å²) < 4.78 is 12.8. The number of halogens is 1. The van der Waals surface area contributed by atoms with E-state index in [-0.39, 0.29) is 0 Å². The fourth-order valence-electron chi connectivity index (χ4n) is 3.04. The molecule has 3 aromatic rings. The molecule has 0 bridgehead atoms. The molecule has 1 heterocycles. The molecule has 3 heteroatoms. The summed E-state index contributed by atoms with van der Waals surface area (Å²) in [4.78, 5) is 8.99. The molecule has 0 saturated carbocycles. The highest BCUT2D eigenvalue weighted by molar-refractivity contribution is 5.87. The molecule has 3 rings (SSSR count). The summed E-state index contributed by atoms with van der Waals surface area (Å²) in [6, 6.07) is 12.7. The number of rotatable bonds is 8. The molecular weight excluding hydrogens is 335 g/mol. The normalized spacial score (nSPS) is 12.5. The van der Waals surface area contributed by atoms with Gasteiger partial charge in [0, 0.05) is 23.5 Å². The molecule has 0 saturated heterocycles. The fourth-order valence-corrected chi connectivity index (χ4v) is 3.04. The van der Waals surface area contributed by atoms with Crippen LogP contribution in [0.15, 0.2) is 67.5 Å². The molecule has 27 heavy (non-hydrogen) atoms. The van der Waals surface area contributed by atoms with Crippen LogP contribution in [0.4, 0.5) is 4.39 Å². The SMILES string of the molecule is C=CCc1ccc2cc(-c3ncc(C=CCCCC(C)F)cn3)ccc2c1. The largest absolute Gasteiger partial charge is 0.248 e. The Morgan fingerprint density at radius 3 is 2.56 bits per heavy atom. The van der Waals surface area contributed by atoms with E-state index in [9.17, 15) is 4.39 Å². The Morgan fingerprint density at radius 2 is 1.81 bits per heavy atom. The molecule has 2 aromatic carbocycles. The number of nitrogens with zero attached hydrogens (tertiary/aromatic N) is 2. The van der Waals surface area contributed by atoms with Gasteiger partial charge in [0.25, 0.3) is 0 Å². The van der Waals surface area contributed by atoms with Crippen LogP contribution in [0.1, 0.15) is 37.3 Å². The Balaban J connectivity index is 1.70. The van der Waals surface area contributed by atoms with Gasteiger partial charge >= 0.3 is 0 Å². The Labute approximate surface area is 160 Å². The second kappa shape index (κ2) is 9.22. The second-order valence-electron chi connectivity index (χ2n) is 6.84. The van der Waals surface area contributed by atoms with Crippen molar-refractivity contribution >= 4 is 16.8 Å². The monoisotopic (exact) mass is 360 g/mol. The summed E-state index contributed by atoms with van der Waals surface area (Å²) in [6.07, 6.45) is 12.1. The van der Waals surface area contributed by atoms with Gasteiger partial charge in [-0.25, -0.2) is 14.4 Å². The fraction of sp³-hybridized carbons (Fsp3) is 0.250. The maximum atomic E-state index is 12.8. The summed E-state index contributed by atoms with van der Waals surface area (Å²) in [5, 5.41) is 2.38. The zero-order valence-corrected chi connectivity index (χ0v) is 15.7. The molecule has 1 unspecified atom stereocenters. The van der Waals surface area contributed by atoms with Gasteiger partial charge in [0.1, 0.15) is 0 Å². The summed E-state index contributed by atoms with van der Waals surface area (Å²) in [5.74, 6) is 0.718. The first-order valence-corrected chi connectivity index (χ1v) is 9.42. The van der Waals surface area contributed by atoms with Crippen molar-refractivity contribution in [2.75, 3.05) is 0 Å². The van der Waals surface area contributed by atoms with Crippen LogP contribution in [0.25, 0.3) is 28.2 Å². The third-order valence-corrected chi connectivity index (χ3v) is 4.50. The molecule has 0 N–H and O–H groups in total. The molecule has 0 fully saturated rings. The highest BCUT2D eigenvalue weighted by atomic mass is 19.1. The van der Waals surface area contributed by atoms with Gasteiger partial charge in [-0.3, -0.25) is 0 Å². The minimum Gasteiger partial charge on any atom is -0.248 e. The molecule has 0 aliphatic carbocycles. The Bertz CT molecular complexity index is 927. The van der Waals surface area contributed by atoms with E-state index < -0.39 is 6.17 Å². The molecule has 0 aliphatic rings. The zero-order chi connectivity index (χ0) is 19.1. The summed E-state index contributed by atoms with van der Waals surface area (Å²) in [6.45, 7) is 5.40. The van der Waals surface area contributed by atoms with Crippen molar-refractivity contribution in [3.8, 4) is 11.4 Å². The molecule has 0 spiro atoms. The highest BCUT2D eigenvalue weighted by Gasteiger charge is 2.03. The van der Waals surface area contributed by atoms with Crippen molar-refractivity contribution in [1.82, 2.24) is 9.97 Å². The maximum Gasteiger partial charge on any atom is 0.159 e. The van der Waals surface area contributed by atoms with E-state index in [1.807, 2.05) is 24.5 Å². The van der Waals surface area contributed by atoms with Crippen LogP contribution < -0.4 is 0 Å². The number of hydrogen-bond donors (Lipinski definition) is 0. The Morgan fingerprint density at radius 1 is 1.07 bits per heavy atom. The van der Waals surface area contributed by atoms with Crippen molar-refractivity contribution in [3.05, 3.63) is 78.6 Å². The van der Waals surface area contributed by atoms with Crippen LogP contribution in [0.3, 0.4) is 0 Å². The number of alkyl halides is 1. The molecule has 0 aliphatic heterocycles. The summed E-state index contributed by atoms with van der Waals surface area (Å²) in [7, 11) is 0. The first-order chi connectivity index (χ1) is 13.2. The number of fused-ring (bicyclic) bond motifs is 1. The first kappa shape index (κ1) is 19.0. The van der Waals surface area contributed by atoms with E-state index in [0.717, 1.165) is 36.2 Å². The lowest BCUT2D eigenvalue weighted by atomic mass is 10.0. The lowest BCUT2D eigenvalue weighted by molar-refractivity contribution is 0.335. The van der Waals surface area contributed by atoms with E-state index in [0.29, 0.717) is 6.42 Å². The molecule has 0 radical (unpaired) electrons. The van der Waals surface area contributed by atoms with E-state index in [1.165, 1.54) is 16.3 Å². The van der Waals surface area contributed by atoms with Gasteiger partial charge in [-0.15, -0.1) is 6.58 Å². The zero-order valence-electron chi connectivity index (χ0n) is 15.7. The lowest BCUT2D eigenvalue weighted by Crippen LogP contribution is -1.91. The highest BCUT2D eigenvalue weighted by Crippen LogP contribution is 2.23. The lowest BCUT2D eigenvalue weighted by Gasteiger charge is -2.05. The van der Waals surface area contributed by atoms with Crippen molar-refractivity contribution < 1.29 is 4.39 Å².